The van der Waals surface area contributed by atoms with Gasteiger partial charge in [-0.3, -0.25) is 4.79 Å². The fourth-order valence-electron chi connectivity index (χ4n) is 4.06. The summed E-state index contributed by atoms with van der Waals surface area (Å²) in [6, 6.07) is 4.11. The van der Waals surface area contributed by atoms with Gasteiger partial charge in [0.25, 0.3) is 5.91 Å². The number of nitrogens with one attached hydrogen (secondary N) is 2. The Balaban J connectivity index is 1.51. The molecule has 1 saturated carbocycles. The minimum absolute atomic E-state index is 0.0954. The lowest BCUT2D eigenvalue weighted by Gasteiger charge is -2.22. The van der Waals surface area contributed by atoms with Gasteiger partial charge in [-0.25, -0.2) is 19.2 Å². The van der Waals surface area contributed by atoms with E-state index in [2.05, 4.69) is 20.6 Å². The highest BCUT2D eigenvalue weighted by atomic mass is 32.1. The molecule has 0 unspecified atom stereocenters. The van der Waals surface area contributed by atoms with Crippen LogP contribution in [0.1, 0.15) is 55.3 Å². The molecule has 1 aromatic carbocycles. The van der Waals surface area contributed by atoms with Gasteiger partial charge in [0.05, 0.1) is 16.0 Å². The fraction of sp³-hybridized carbons (Fsp3) is 0.417. The molecule has 2 aromatic heterocycles. The van der Waals surface area contributed by atoms with Gasteiger partial charge in [0.1, 0.15) is 40.2 Å². The number of ether oxygens (including phenoxy) is 2. The lowest BCUT2D eigenvalue weighted by molar-refractivity contribution is 0.0502. The van der Waals surface area contributed by atoms with Crippen molar-refractivity contribution < 1.29 is 23.5 Å². The summed E-state index contributed by atoms with van der Waals surface area (Å²) in [5.74, 6) is -0.188. The zero-order valence-electron chi connectivity index (χ0n) is 20.0. The van der Waals surface area contributed by atoms with Gasteiger partial charge in [-0.1, -0.05) is 0 Å². The summed E-state index contributed by atoms with van der Waals surface area (Å²) < 4.78 is 25.6. The van der Waals surface area contributed by atoms with E-state index in [1.165, 1.54) is 29.8 Å². The summed E-state index contributed by atoms with van der Waals surface area (Å²) in [5, 5.41) is 6.74. The van der Waals surface area contributed by atoms with Crippen molar-refractivity contribution in [2.75, 3.05) is 5.32 Å². The highest BCUT2D eigenvalue weighted by Gasteiger charge is 2.29. The van der Waals surface area contributed by atoms with E-state index in [-0.39, 0.29) is 12.1 Å². The molecule has 0 spiro atoms. The molecule has 11 heteroatoms. The van der Waals surface area contributed by atoms with Crippen LogP contribution in [-0.2, 0) is 4.74 Å². The smallest absolute Gasteiger partial charge is 0.407 e. The second kappa shape index (κ2) is 9.65. The molecule has 186 valence electrons. The van der Waals surface area contributed by atoms with E-state index >= 15 is 0 Å². The number of fused-ring (bicyclic) bond motifs is 1. The Morgan fingerprint density at radius 1 is 1.23 bits per heavy atom. The first-order valence-electron chi connectivity index (χ1n) is 11.3. The average Bonchev–Trinajstić information content (AvgIpc) is 3.33. The number of aryl methyl sites for hydroxylation is 1. The van der Waals surface area contributed by atoms with Crippen molar-refractivity contribution >= 4 is 45.1 Å². The molecule has 4 rings (SSSR count). The van der Waals surface area contributed by atoms with Gasteiger partial charge in [0, 0.05) is 18.5 Å². The van der Waals surface area contributed by atoms with E-state index in [1.807, 2.05) is 20.8 Å². The van der Waals surface area contributed by atoms with Crippen LogP contribution < -0.4 is 21.1 Å². The quantitative estimate of drug-likeness (QED) is 0.442. The lowest BCUT2D eigenvalue weighted by Crippen LogP contribution is -2.38. The number of alkyl carbamates (subject to hydrolysis) is 1. The minimum Gasteiger partial charge on any atom is -0.488 e. The predicted octanol–water partition coefficient (Wildman–Crippen LogP) is 4.81. The number of anilines is 2. The van der Waals surface area contributed by atoms with Crippen LogP contribution in [0.5, 0.6) is 5.75 Å². The van der Waals surface area contributed by atoms with Crippen LogP contribution >= 0.6 is 11.3 Å². The van der Waals surface area contributed by atoms with Crippen LogP contribution in [0, 0.1) is 12.7 Å². The van der Waals surface area contributed by atoms with Gasteiger partial charge in [-0.15, -0.1) is 11.3 Å². The molecule has 1 aliphatic rings. The van der Waals surface area contributed by atoms with Crippen molar-refractivity contribution in [3.8, 4) is 5.75 Å². The van der Waals surface area contributed by atoms with E-state index < -0.39 is 23.4 Å². The number of benzene rings is 1. The van der Waals surface area contributed by atoms with Crippen molar-refractivity contribution in [2.45, 2.75) is 64.7 Å². The van der Waals surface area contributed by atoms with Crippen molar-refractivity contribution in [3.63, 3.8) is 0 Å². The summed E-state index contributed by atoms with van der Waals surface area (Å²) in [5.41, 5.74) is 6.11. The number of hydrogen-bond donors (Lipinski definition) is 3. The van der Waals surface area contributed by atoms with Crippen molar-refractivity contribution in [2.24, 2.45) is 5.73 Å². The van der Waals surface area contributed by atoms with Gasteiger partial charge in [0.2, 0.25) is 0 Å². The zero-order valence-corrected chi connectivity index (χ0v) is 20.8. The first kappa shape index (κ1) is 24.6. The van der Waals surface area contributed by atoms with Gasteiger partial charge in [0.15, 0.2) is 0 Å². The van der Waals surface area contributed by atoms with E-state index in [0.717, 1.165) is 6.42 Å². The Bertz CT molecular complexity index is 1270. The number of aromatic nitrogens is 2. The number of amides is 2. The maximum atomic E-state index is 14.1. The van der Waals surface area contributed by atoms with Gasteiger partial charge in [-0.05, 0) is 58.2 Å². The highest BCUT2D eigenvalue weighted by molar-refractivity contribution is 7.20. The summed E-state index contributed by atoms with van der Waals surface area (Å²) in [7, 11) is 0. The number of nitrogens with two attached hydrogens (primary N) is 1. The first-order chi connectivity index (χ1) is 16.5. The van der Waals surface area contributed by atoms with E-state index in [9.17, 15) is 14.0 Å². The summed E-state index contributed by atoms with van der Waals surface area (Å²) in [6.45, 7) is 7.21. The normalized spacial score (nSPS) is 17.9. The van der Waals surface area contributed by atoms with Crippen LogP contribution in [0.2, 0.25) is 0 Å². The number of carbonyl (C=O) groups is 2. The molecule has 1 aliphatic carbocycles. The largest absolute Gasteiger partial charge is 0.488 e. The number of rotatable bonds is 6. The van der Waals surface area contributed by atoms with Gasteiger partial charge < -0.3 is 25.8 Å². The maximum Gasteiger partial charge on any atom is 0.407 e. The molecular weight excluding hydrogens is 473 g/mol. The third-order valence-electron chi connectivity index (χ3n) is 5.55. The molecule has 35 heavy (non-hydrogen) atoms. The Kier molecular flexibility index (Phi) is 6.79. The number of nitrogens with zero attached hydrogens (tertiary/aromatic N) is 2. The molecular formula is C24H28FN5O4S. The Labute approximate surface area is 206 Å². The summed E-state index contributed by atoms with van der Waals surface area (Å²) in [4.78, 5) is 33.5. The van der Waals surface area contributed by atoms with Crippen molar-refractivity contribution in [1.29, 1.82) is 0 Å². The Morgan fingerprint density at radius 2 is 2.00 bits per heavy atom. The molecule has 0 bridgehead atoms. The van der Waals surface area contributed by atoms with E-state index in [0.29, 0.717) is 50.8 Å². The number of hydrogen-bond acceptors (Lipinski definition) is 8. The topological polar surface area (TPSA) is 128 Å². The number of carbonyl (C=O) groups excluding carboxylic acids is 2. The standard InChI is InChI=1S/C24H28FN5O4S/c1-12-18-21(27-11-28-22(18)35-19(12)20(26)31)30-16-8-5-13(25)9-17(16)33-15-7-6-14(10-15)29-23(32)34-24(2,3)4/h5,8-9,11,14-15H,6-7,10H2,1-4H3,(H2,26,31)(H,29,32)(H,27,28,30)/t14-,15-/m0/s1. The number of halogens is 1. The third kappa shape index (κ3) is 5.79. The molecule has 0 radical (unpaired) electrons. The van der Waals surface area contributed by atoms with Crippen LogP contribution in [0.15, 0.2) is 24.5 Å². The van der Waals surface area contributed by atoms with E-state index in [1.54, 1.807) is 13.0 Å². The van der Waals surface area contributed by atoms with Gasteiger partial charge >= 0.3 is 6.09 Å². The predicted molar refractivity (Wildman–Crippen MR) is 132 cm³/mol. The minimum atomic E-state index is -0.577. The average molecular weight is 502 g/mol. The third-order valence-corrected chi connectivity index (χ3v) is 6.76. The molecule has 1 fully saturated rings. The Morgan fingerprint density at radius 3 is 2.71 bits per heavy atom. The van der Waals surface area contributed by atoms with Crippen molar-refractivity contribution in [3.05, 3.63) is 40.8 Å². The molecule has 0 aliphatic heterocycles. The zero-order chi connectivity index (χ0) is 25.3. The summed E-state index contributed by atoms with van der Waals surface area (Å²) >= 11 is 1.20. The van der Waals surface area contributed by atoms with E-state index in [4.69, 9.17) is 15.2 Å². The second-order valence-electron chi connectivity index (χ2n) is 9.48. The number of primary amides is 1. The van der Waals surface area contributed by atoms with Crippen LogP contribution in [0.3, 0.4) is 0 Å². The molecule has 2 atom stereocenters. The SMILES string of the molecule is Cc1c(C(N)=O)sc2ncnc(Nc3ccc(F)cc3O[C@H]3CC[C@H](NC(=O)OC(C)(C)C)C3)c12. The van der Waals surface area contributed by atoms with Crippen LogP contribution in [0.4, 0.5) is 20.7 Å². The van der Waals surface area contributed by atoms with Crippen molar-refractivity contribution in [1.82, 2.24) is 15.3 Å². The maximum absolute atomic E-state index is 14.1. The number of thiophene rings is 1. The molecule has 4 N–H and O–H groups in total. The van der Waals surface area contributed by atoms with Gasteiger partial charge in [-0.2, -0.15) is 0 Å². The molecule has 3 aromatic rings. The highest BCUT2D eigenvalue weighted by Crippen LogP contribution is 2.37. The summed E-state index contributed by atoms with van der Waals surface area (Å²) in [6.07, 6.45) is 2.69. The Hall–Kier alpha value is -3.47. The van der Waals surface area contributed by atoms with Crippen LogP contribution in [-0.4, -0.2) is 39.7 Å². The monoisotopic (exact) mass is 501 g/mol. The molecule has 0 saturated heterocycles. The fourth-order valence-corrected chi connectivity index (χ4v) is 5.06. The second-order valence-corrected chi connectivity index (χ2v) is 10.5. The first-order valence-corrected chi connectivity index (χ1v) is 12.1. The molecule has 2 amide bonds. The molecule has 9 nitrogen and oxygen atoms in total. The lowest BCUT2D eigenvalue weighted by atomic mass is 10.2. The molecule has 2 heterocycles. The van der Waals surface area contributed by atoms with Crippen LogP contribution in [0.25, 0.3) is 10.2 Å².